The van der Waals surface area contributed by atoms with Crippen LogP contribution in [0.4, 0.5) is 4.39 Å². The third kappa shape index (κ3) is 4.29. The highest BCUT2D eigenvalue weighted by Crippen LogP contribution is 2.33. The Hall–Kier alpha value is -1.01. The van der Waals surface area contributed by atoms with Gasteiger partial charge in [-0.2, -0.15) is 0 Å². The van der Waals surface area contributed by atoms with Crippen molar-refractivity contribution >= 4 is 0 Å². The topological polar surface area (TPSA) is 47.5 Å². The first-order chi connectivity index (χ1) is 11.1. The Morgan fingerprint density at radius 3 is 2.74 bits per heavy atom. The summed E-state index contributed by atoms with van der Waals surface area (Å²) in [5.74, 6) is -0.203. The Kier molecular flexibility index (Phi) is 5.31. The monoisotopic (exact) mass is 321 g/mol. The van der Waals surface area contributed by atoms with Crippen LogP contribution >= 0.6 is 0 Å². The fraction of sp³-hybridized carbons (Fsp3) is 0.667. The van der Waals surface area contributed by atoms with Crippen LogP contribution in [0.1, 0.15) is 31.7 Å². The molecule has 2 aliphatic heterocycles. The number of benzene rings is 1. The predicted molar refractivity (Wildman–Crippen MR) is 89.4 cm³/mol. The van der Waals surface area contributed by atoms with Gasteiger partial charge in [-0.05, 0) is 56.8 Å². The number of likely N-dealkylation sites (tertiary alicyclic amines) is 1. The number of halogens is 1. The Balaban J connectivity index is 1.62. The van der Waals surface area contributed by atoms with Crippen molar-refractivity contribution in [1.82, 2.24) is 15.8 Å². The molecular weight excluding hydrogens is 293 g/mol. The average Bonchev–Trinajstić information content (AvgIpc) is 2.95. The average molecular weight is 321 g/mol. The first-order valence-electron chi connectivity index (χ1n) is 8.67. The summed E-state index contributed by atoms with van der Waals surface area (Å²) in [6.45, 7) is 5.40. The largest absolute Gasteiger partial charge is 0.396 e. The number of hydrazine groups is 1. The second kappa shape index (κ2) is 7.26. The van der Waals surface area contributed by atoms with Gasteiger partial charge in [-0.25, -0.2) is 4.39 Å². The number of nitrogens with one attached hydrogen (secondary N) is 2. The summed E-state index contributed by atoms with van der Waals surface area (Å²) in [5, 5.41) is 10.0. The molecular formula is C18H28FN3O. The number of aliphatic hydroxyl groups is 1. The van der Waals surface area contributed by atoms with Crippen molar-refractivity contribution in [2.75, 3.05) is 26.2 Å². The third-order valence-corrected chi connectivity index (χ3v) is 5.22. The van der Waals surface area contributed by atoms with E-state index in [2.05, 4.69) is 22.7 Å². The zero-order chi connectivity index (χ0) is 16.3. The van der Waals surface area contributed by atoms with Crippen LogP contribution < -0.4 is 10.9 Å². The van der Waals surface area contributed by atoms with Crippen molar-refractivity contribution in [2.45, 2.75) is 44.7 Å². The Bertz CT molecular complexity index is 509. The maximum absolute atomic E-state index is 13.1. The summed E-state index contributed by atoms with van der Waals surface area (Å²) >= 11 is 0. The molecule has 2 saturated heterocycles. The summed E-state index contributed by atoms with van der Waals surface area (Å²) in [6.07, 6.45) is 4.09. The van der Waals surface area contributed by atoms with Crippen LogP contribution in [0, 0.1) is 11.2 Å². The molecule has 4 nitrogen and oxygen atoms in total. The molecule has 3 rings (SSSR count). The number of hydrogen-bond acceptors (Lipinski definition) is 4. The number of rotatable bonds is 5. The third-order valence-electron chi connectivity index (χ3n) is 5.22. The molecule has 1 aromatic rings. The zero-order valence-corrected chi connectivity index (χ0v) is 13.9. The van der Waals surface area contributed by atoms with Gasteiger partial charge in [0.05, 0.1) is 6.61 Å². The van der Waals surface area contributed by atoms with E-state index >= 15 is 0 Å². The molecule has 128 valence electrons. The molecule has 0 bridgehead atoms. The number of nitrogens with zero attached hydrogens (tertiary/aromatic N) is 1. The van der Waals surface area contributed by atoms with Crippen molar-refractivity contribution in [3.63, 3.8) is 0 Å². The fourth-order valence-electron chi connectivity index (χ4n) is 4.07. The lowest BCUT2D eigenvalue weighted by atomic mass is 9.75. The molecule has 0 saturated carbocycles. The SMILES string of the molecule is CC1CC(CN2CCCC(CO)(Cc3ccc(F)cc3)C2)NN1. The number of hydrogen-bond donors (Lipinski definition) is 3. The minimum atomic E-state index is -0.203. The molecule has 3 N–H and O–H groups in total. The van der Waals surface area contributed by atoms with E-state index in [4.69, 9.17) is 0 Å². The van der Waals surface area contributed by atoms with Gasteiger partial charge >= 0.3 is 0 Å². The summed E-state index contributed by atoms with van der Waals surface area (Å²) in [5.41, 5.74) is 7.64. The molecule has 2 aliphatic rings. The summed E-state index contributed by atoms with van der Waals surface area (Å²) in [7, 11) is 0. The second-order valence-electron chi connectivity index (χ2n) is 7.42. The van der Waals surface area contributed by atoms with Crippen LogP contribution in [-0.4, -0.2) is 48.3 Å². The molecule has 0 amide bonds. The van der Waals surface area contributed by atoms with Gasteiger partial charge in [0.25, 0.3) is 0 Å². The van der Waals surface area contributed by atoms with Crippen LogP contribution in [0.5, 0.6) is 0 Å². The van der Waals surface area contributed by atoms with Crippen LogP contribution in [0.25, 0.3) is 0 Å². The highest BCUT2D eigenvalue weighted by Gasteiger charge is 2.36. The molecule has 0 spiro atoms. The van der Waals surface area contributed by atoms with E-state index < -0.39 is 0 Å². The quantitative estimate of drug-likeness (QED) is 0.772. The van der Waals surface area contributed by atoms with Crippen molar-refractivity contribution in [3.05, 3.63) is 35.6 Å². The van der Waals surface area contributed by atoms with Crippen LogP contribution in [0.2, 0.25) is 0 Å². The van der Waals surface area contributed by atoms with E-state index in [-0.39, 0.29) is 17.8 Å². The van der Waals surface area contributed by atoms with E-state index in [0.717, 1.165) is 50.9 Å². The summed E-state index contributed by atoms with van der Waals surface area (Å²) < 4.78 is 13.1. The minimum Gasteiger partial charge on any atom is -0.396 e. The van der Waals surface area contributed by atoms with Gasteiger partial charge in [0.15, 0.2) is 0 Å². The van der Waals surface area contributed by atoms with Crippen molar-refractivity contribution in [2.24, 2.45) is 5.41 Å². The van der Waals surface area contributed by atoms with E-state index in [1.807, 2.05) is 12.1 Å². The van der Waals surface area contributed by atoms with E-state index in [1.54, 1.807) is 0 Å². The molecule has 3 unspecified atom stereocenters. The lowest BCUT2D eigenvalue weighted by Gasteiger charge is -2.42. The van der Waals surface area contributed by atoms with Gasteiger partial charge in [-0.3, -0.25) is 10.9 Å². The standard InChI is InChI=1S/C18H28FN3O/c1-14-9-17(21-20-14)11-22-8-2-7-18(12-22,13-23)10-15-3-5-16(19)6-4-15/h3-6,14,17,20-21,23H,2,7-13H2,1H3. The van der Waals surface area contributed by atoms with E-state index in [9.17, 15) is 9.50 Å². The molecule has 0 aromatic heterocycles. The van der Waals surface area contributed by atoms with Crippen LogP contribution in [0.15, 0.2) is 24.3 Å². The number of piperidine rings is 1. The van der Waals surface area contributed by atoms with E-state index in [1.165, 1.54) is 12.1 Å². The first kappa shape index (κ1) is 16.8. The fourth-order valence-corrected chi connectivity index (χ4v) is 4.07. The van der Waals surface area contributed by atoms with Crippen molar-refractivity contribution < 1.29 is 9.50 Å². The summed E-state index contributed by atoms with van der Waals surface area (Å²) in [4.78, 5) is 2.47. The molecule has 23 heavy (non-hydrogen) atoms. The Labute approximate surface area is 138 Å². The zero-order valence-electron chi connectivity index (χ0n) is 13.9. The van der Waals surface area contributed by atoms with Gasteiger partial charge in [-0.1, -0.05) is 12.1 Å². The highest BCUT2D eigenvalue weighted by molar-refractivity contribution is 5.18. The molecule has 2 heterocycles. The van der Waals surface area contributed by atoms with Crippen LogP contribution in [-0.2, 0) is 6.42 Å². The second-order valence-corrected chi connectivity index (χ2v) is 7.42. The predicted octanol–water partition coefficient (Wildman–Crippen LogP) is 1.70. The Morgan fingerprint density at radius 1 is 1.30 bits per heavy atom. The maximum atomic E-state index is 13.1. The normalized spacial score (nSPS) is 32.3. The molecule has 2 fully saturated rings. The van der Waals surface area contributed by atoms with Gasteiger partial charge in [0.1, 0.15) is 5.82 Å². The molecule has 3 atom stereocenters. The van der Waals surface area contributed by atoms with Gasteiger partial charge in [-0.15, -0.1) is 0 Å². The lowest BCUT2D eigenvalue weighted by Crippen LogP contribution is -2.50. The molecule has 0 radical (unpaired) electrons. The maximum Gasteiger partial charge on any atom is 0.123 e. The first-order valence-corrected chi connectivity index (χ1v) is 8.67. The lowest BCUT2D eigenvalue weighted by molar-refractivity contribution is 0.0289. The summed E-state index contributed by atoms with van der Waals surface area (Å²) in [6, 6.07) is 7.70. The van der Waals surface area contributed by atoms with E-state index in [0.29, 0.717) is 12.1 Å². The molecule has 5 heteroatoms. The smallest absolute Gasteiger partial charge is 0.123 e. The van der Waals surface area contributed by atoms with Crippen molar-refractivity contribution in [3.8, 4) is 0 Å². The van der Waals surface area contributed by atoms with Crippen molar-refractivity contribution in [1.29, 1.82) is 0 Å². The molecule has 1 aromatic carbocycles. The number of aliphatic hydroxyl groups excluding tert-OH is 1. The minimum absolute atomic E-state index is 0.103. The Morgan fingerprint density at radius 2 is 2.09 bits per heavy atom. The van der Waals surface area contributed by atoms with Crippen LogP contribution in [0.3, 0.4) is 0 Å². The van der Waals surface area contributed by atoms with Gasteiger partial charge in [0.2, 0.25) is 0 Å². The molecule has 0 aliphatic carbocycles. The van der Waals surface area contributed by atoms with Gasteiger partial charge in [0, 0.05) is 30.6 Å². The van der Waals surface area contributed by atoms with Gasteiger partial charge < -0.3 is 10.0 Å². The highest BCUT2D eigenvalue weighted by atomic mass is 19.1.